The van der Waals surface area contributed by atoms with Gasteiger partial charge in [-0.2, -0.15) is 5.26 Å². The number of aliphatic imine (C=N–C) groups is 1. The molecule has 1 N–H and O–H groups in total. The van der Waals surface area contributed by atoms with Crippen LogP contribution < -0.4 is 9.47 Å². The number of amides is 1. The lowest BCUT2D eigenvalue weighted by Crippen LogP contribution is -2.31. The van der Waals surface area contributed by atoms with Gasteiger partial charge in [-0.15, -0.1) is 0 Å². The van der Waals surface area contributed by atoms with Crippen LogP contribution >= 0.6 is 11.8 Å². The highest BCUT2D eigenvalue weighted by Gasteiger charge is 2.33. The third kappa shape index (κ3) is 5.37. The van der Waals surface area contributed by atoms with Gasteiger partial charge in [0.2, 0.25) is 0 Å². The minimum atomic E-state index is -0.0942. The molecule has 184 valence electrons. The van der Waals surface area contributed by atoms with Gasteiger partial charge in [-0.3, -0.25) is 9.69 Å². The SMILES string of the molecule is COc1cc(/C=C2\SC(=Nc3ccccc3)N(CCc3c[nH]c4ccccc34)C2=O)ccc1OCC#N. The van der Waals surface area contributed by atoms with E-state index < -0.39 is 0 Å². The van der Waals surface area contributed by atoms with Gasteiger partial charge in [0.15, 0.2) is 23.3 Å². The van der Waals surface area contributed by atoms with Crippen LogP contribution in [0, 0.1) is 11.3 Å². The Bertz CT molecular complexity index is 1540. The average molecular weight is 509 g/mol. The van der Waals surface area contributed by atoms with E-state index in [-0.39, 0.29) is 12.5 Å². The standard InChI is InChI=1S/C29H24N4O3S/c1-35-26-17-20(11-12-25(26)36-16-14-30)18-27-28(34)33(29(37-27)32-22-7-3-2-4-8-22)15-13-21-19-31-24-10-6-5-9-23(21)24/h2-12,17-19,31H,13,15-16H2,1H3/b27-18-,32-29?. The summed E-state index contributed by atoms with van der Waals surface area (Å²) in [5.41, 5.74) is 3.81. The Morgan fingerprint density at radius 2 is 1.89 bits per heavy atom. The molecule has 0 saturated carbocycles. The molecule has 4 aromatic rings. The predicted molar refractivity (Wildman–Crippen MR) is 147 cm³/mol. The van der Waals surface area contributed by atoms with Gasteiger partial charge in [-0.25, -0.2) is 4.99 Å². The van der Waals surface area contributed by atoms with Crippen LogP contribution in [0.3, 0.4) is 0 Å². The van der Waals surface area contributed by atoms with Crippen molar-refractivity contribution in [2.45, 2.75) is 6.42 Å². The summed E-state index contributed by atoms with van der Waals surface area (Å²) in [5.74, 6) is 0.876. The van der Waals surface area contributed by atoms with E-state index >= 15 is 0 Å². The zero-order valence-corrected chi connectivity index (χ0v) is 21.0. The molecule has 7 nitrogen and oxygen atoms in total. The van der Waals surface area contributed by atoms with Crippen LogP contribution in [-0.4, -0.2) is 41.2 Å². The Kier molecular flexibility index (Phi) is 7.24. The normalized spacial score (nSPS) is 15.5. The van der Waals surface area contributed by atoms with Gasteiger partial charge in [0, 0.05) is 23.6 Å². The lowest BCUT2D eigenvalue weighted by molar-refractivity contribution is -0.122. The lowest BCUT2D eigenvalue weighted by atomic mass is 10.1. The van der Waals surface area contributed by atoms with Gasteiger partial charge in [0.1, 0.15) is 6.07 Å². The number of aromatic nitrogens is 1. The summed E-state index contributed by atoms with van der Waals surface area (Å²) in [5, 5.41) is 10.6. The maximum atomic E-state index is 13.6. The molecule has 0 atom stereocenters. The predicted octanol–water partition coefficient (Wildman–Crippen LogP) is 5.93. The number of hydrogen-bond donors (Lipinski definition) is 1. The minimum Gasteiger partial charge on any atom is -0.493 e. The molecule has 8 heteroatoms. The van der Waals surface area contributed by atoms with Crippen molar-refractivity contribution < 1.29 is 14.3 Å². The molecule has 0 spiro atoms. The fraction of sp³-hybridized carbons (Fsp3) is 0.138. The second kappa shape index (κ2) is 11.1. The molecule has 1 fully saturated rings. The average Bonchev–Trinajstić information content (AvgIpc) is 3.47. The molecule has 0 bridgehead atoms. The van der Waals surface area contributed by atoms with Crippen molar-refractivity contribution >= 4 is 45.5 Å². The van der Waals surface area contributed by atoms with Crippen LogP contribution in [0.1, 0.15) is 11.1 Å². The highest BCUT2D eigenvalue weighted by Crippen LogP contribution is 2.36. The van der Waals surface area contributed by atoms with E-state index in [1.807, 2.05) is 72.9 Å². The number of rotatable bonds is 8. The largest absolute Gasteiger partial charge is 0.493 e. The topological polar surface area (TPSA) is 90.7 Å². The molecule has 0 aliphatic carbocycles. The van der Waals surface area contributed by atoms with Gasteiger partial charge >= 0.3 is 0 Å². The molecule has 0 radical (unpaired) electrons. The van der Waals surface area contributed by atoms with E-state index in [1.54, 1.807) is 17.0 Å². The van der Waals surface area contributed by atoms with E-state index in [0.29, 0.717) is 34.5 Å². The highest BCUT2D eigenvalue weighted by molar-refractivity contribution is 8.18. The first-order chi connectivity index (χ1) is 18.2. The van der Waals surface area contributed by atoms with Gasteiger partial charge in [0.05, 0.1) is 17.7 Å². The summed E-state index contributed by atoms with van der Waals surface area (Å²) in [6, 6.07) is 25.1. The quantitative estimate of drug-likeness (QED) is 0.298. The Balaban J connectivity index is 1.43. The second-order valence-corrected chi connectivity index (χ2v) is 9.27. The number of para-hydroxylation sites is 2. The smallest absolute Gasteiger partial charge is 0.266 e. The summed E-state index contributed by atoms with van der Waals surface area (Å²) >= 11 is 1.35. The first kappa shape index (κ1) is 24.2. The van der Waals surface area contributed by atoms with Gasteiger partial charge in [-0.1, -0.05) is 42.5 Å². The van der Waals surface area contributed by atoms with Gasteiger partial charge < -0.3 is 14.5 Å². The molecule has 1 saturated heterocycles. The fourth-order valence-corrected chi connectivity index (χ4v) is 5.15. The number of amidine groups is 1. The number of H-pyrrole nitrogens is 1. The maximum Gasteiger partial charge on any atom is 0.266 e. The van der Waals surface area contributed by atoms with Crippen molar-refractivity contribution in [3.8, 4) is 17.6 Å². The zero-order chi connectivity index (χ0) is 25.6. The van der Waals surface area contributed by atoms with Crippen molar-refractivity contribution in [2.24, 2.45) is 4.99 Å². The van der Waals surface area contributed by atoms with E-state index in [9.17, 15) is 4.79 Å². The number of nitrogens with zero attached hydrogens (tertiary/aromatic N) is 3. The first-order valence-corrected chi connectivity index (χ1v) is 12.6. The Morgan fingerprint density at radius 3 is 2.70 bits per heavy atom. The maximum absolute atomic E-state index is 13.6. The van der Waals surface area contributed by atoms with Crippen LogP contribution in [0.25, 0.3) is 17.0 Å². The second-order valence-electron chi connectivity index (χ2n) is 8.26. The fourth-order valence-electron chi connectivity index (χ4n) is 4.13. The van der Waals surface area contributed by atoms with Crippen molar-refractivity contribution in [1.82, 2.24) is 9.88 Å². The van der Waals surface area contributed by atoms with Crippen LogP contribution in [-0.2, 0) is 11.2 Å². The summed E-state index contributed by atoms with van der Waals surface area (Å²) in [4.78, 5) is 24.0. The minimum absolute atomic E-state index is 0.0736. The van der Waals surface area contributed by atoms with Crippen molar-refractivity contribution in [3.63, 3.8) is 0 Å². The van der Waals surface area contributed by atoms with Crippen LogP contribution in [0.15, 0.2) is 88.9 Å². The number of nitrogens with one attached hydrogen (secondary N) is 1. The van der Waals surface area contributed by atoms with Crippen LogP contribution in [0.2, 0.25) is 0 Å². The van der Waals surface area contributed by atoms with Gasteiger partial charge in [0.25, 0.3) is 5.91 Å². The number of carbonyl (C=O) groups is 1. The zero-order valence-electron chi connectivity index (χ0n) is 20.2. The summed E-state index contributed by atoms with van der Waals surface area (Å²) in [7, 11) is 1.54. The molecule has 1 aliphatic rings. The molecule has 1 amide bonds. The van der Waals surface area contributed by atoms with E-state index in [0.717, 1.165) is 27.7 Å². The van der Waals surface area contributed by atoms with Crippen molar-refractivity contribution in [1.29, 1.82) is 5.26 Å². The third-order valence-corrected chi connectivity index (χ3v) is 6.93. The number of methoxy groups -OCH3 is 1. The number of nitriles is 1. The van der Waals surface area contributed by atoms with Crippen LogP contribution in [0.4, 0.5) is 5.69 Å². The van der Waals surface area contributed by atoms with Crippen LogP contribution in [0.5, 0.6) is 11.5 Å². The van der Waals surface area contributed by atoms with E-state index in [1.165, 1.54) is 18.9 Å². The highest BCUT2D eigenvalue weighted by atomic mass is 32.2. The molecule has 1 aromatic heterocycles. The third-order valence-electron chi connectivity index (χ3n) is 5.93. The number of aromatic amines is 1. The number of benzene rings is 3. The molecule has 5 rings (SSSR count). The summed E-state index contributed by atoms with van der Waals surface area (Å²) in [6.07, 6.45) is 4.53. The molecule has 0 unspecified atom stereocenters. The number of ether oxygens (including phenoxy) is 2. The summed E-state index contributed by atoms with van der Waals surface area (Å²) < 4.78 is 10.8. The molecular formula is C29H24N4O3S. The Morgan fingerprint density at radius 1 is 1.08 bits per heavy atom. The van der Waals surface area contributed by atoms with Crippen molar-refractivity contribution in [2.75, 3.05) is 20.3 Å². The van der Waals surface area contributed by atoms with E-state index in [2.05, 4.69) is 11.1 Å². The molecule has 3 aromatic carbocycles. The first-order valence-electron chi connectivity index (χ1n) is 11.7. The molecule has 37 heavy (non-hydrogen) atoms. The Hall–Kier alpha value is -4.48. The number of thioether (sulfide) groups is 1. The Labute approximate surface area is 219 Å². The van der Waals surface area contributed by atoms with Gasteiger partial charge in [-0.05, 0) is 65.7 Å². The molecule has 2 heterocycles. The number of fused-ring (bicyclic) bond motifs is 1. The van der Waals surface area contributed by atoms with Crippen molar-refractivity contribution in [3.05, 3.63) is 95.0 Å². The van der Waals surface area contributed by atoms with E-state index in [4.69, 9.17) is 19.7 Å². The number of carbonyl (C=O) groups excluding carboxylic acids is 1. The monoisotopic (exact) mass is 508 g/mol. The molecular weight excluding hydrogens is 484 g/mol. The lowest BCUT2D eigenvalue weighted by Gasteiger charge is -2.15. The molecule has 1 aliphatic heterocycles. The number of hydrogen-bond acceptors (Lipinski definition) is 6. The summed E-state index contributed by atoms with van der Waals surface area (Å²) in [6.45, 7) is 0.427.